The van der Waals surface area contributed by atoms with Crippen molar-refractivity contribution in [3.8, 4) is 11.5 Å². The van der Waals surface area contributed by atoms with E-state index >= 15 is 0 Å². The summed E-state index contributed by atoms with van der Waals surface area (Å²) < 4.78 is 35.9. The second kappa shape index (κ2) is 13.9. The van der Waals surface area contributed by atoms with Crippen LogP contribution in [0.5, 0.6) is 11.5 Å². The lowest BCUT2D eigenvalue weighted by Crippen LogP contribution is -2.19. The first-order valence-corrected chi connectivity index (χ1v) is 13.3. The molecule has 0 aliphatic heterocycles. The molecule has 0 unspecified atom stereocenters. The monoisotopic (exact) mass is 476 g/mol. The molecule has 0 radical (unpaired) electrons. The molecule has 0 aromatic heterocycles. The van der Waals surface area contributed by atoms with Crippen LogP contribution >= 0.6 is 0 Å². The highest BCUT2D eigenvalue weighted by Crippen LogP contribution is 2.34. The van der Waals surface area contributed by atoms with Gasteiger partial charge < -0.3 is 14.8 Å². The number of ether oxygens (including phenoxy) is 2. The SMILES string of the molecule is CCCCCCCCOC(=O)c1cc(NCCCC)c(Oc2ccccc2)cc1S(N)(=O)=O. The first kappa shape index (κ1) is 26.7. The van der Waals surface area contributed by atoms with Crippen molar-refractivity contribution in [2.24, 2.45) is 5.14 Å². The van der Waals surface area contributed by atoms with Gasteiger partial charge in [0.2, 0.25) is 10.0 Å². The molecule has 2 aromatic rings. The van der Waals surface area contributed by atoms with Crippen molar-refractivity contribution in [3.05, 3.63) is 48.0 Å². The smallest absolute Gasteiger partial charge is 0.339 e. The summed E-state index contributed by atoms with van der Waals surface area (Å²) in [5.74, 6) is 0.0981. The summed E-state index contributed by atoms with van der Waals surface area (Å²) in [5.41, 5.74) is 0.411. The molecule has 182 valence electrons. The van der Waals surface area contributed by atoms with E-state index in [0.29, 0.717) is 18.0 Å². The summed E-state index contributed by atoms with van der Waals surface area (Å²) in [6, 6.07) is 11.7. The van der Waals surface area contributed by atoms with E-state index in [1.165, 1.54) is 25.0 Å². The number of carbonyl (C=O) groups excluding carboxylic acids is 1. The quantitative estimate of drug-likeness (QED) is 0.246. The van der Waals surface area contributed by atoms with Crippen molar-refractivity contribution in [3.63, 3.8) is 0 Å². The van der Waals surface area contributed by atoms with Crippen LogP contribution in [0.25, 0.3) is 0 Å². The predicted molar refractivity (Wildman–Crippen MR) is 131 cm³/mol. The van der Waals surface area contributed by atoms with Crippen molar-refractivity contribution in [2.45, 2.75) is 70.1 Å². The lowest BCUT2D eigenvalue weighted by atomic mass is 10.1. The zero-order valence-corrected chi connectivity index (χ0v) is 20.5. The van der Waals surface area contributed by atoms with E-state index in [0.717, 1.165) is 38.5 Å². The van der Waals surface area contributed by atoms with Gasteiger partial charge in [-0.25, -0.2) is 18.4 Å². The highest BCUT2D eigenvalue weighted by molar-refractivity contribution is 7.89. The van der Waals surface area contributed by atoms with Crippen LogP contribution in [0.15, 0.2) is 47.4 Å². The molecule has 0 heterocycles. The van der Waals surface area contributed by atoms with Crippen LogP contribution in [0.3, 0.4) is 0 Å². The van der Waals surface area contributed by atoms with Crippen LogP contribution in [0.2, 0.25) is 0 Å². The number of nitrogens with one attached hydrogen (secondary N) is 1. The summed E-state index contributed by atoms with van der Waals surface area (Å²) in [7, 11) is -4.19. The maximum Gasteiger partial charge on any atom is 0.339 e. The molecule has 0 saturated heterocycles. The zero-order chi connectivity index (χ0) is 24.1. The van der Waals surface area contributed by atoms with Crippen molar-refractivity contribution in [2.75, 3.05) is 18.5 Å². The lowest BCUT2D eigenvalue weighted by molar-refractivity contribution is 0.0493. The normalized spacial score (nSPS) is 11.2. The summed E-state index contributed by atoms with van der Waals surface area (Å²) >= 11 is 0. The van der Waals surface area contributed by atoms with Crippen LogP contribution in [0, 0.1) is 0 Å². The number of unbranched alkanes of at least 4 members (excludes halogenated alkanes) is 6. The van der Waals surface area contributed by atoms with Crippen molar-refractivity contribution >= 4 is 21.7 Å². The molecule has 0 spiro atoms. The maximum absolute atomic E-state index is 12.8. The third-order valence-electron chi connectivity index (χ3n) is 5.16. The topological polar surface area (TPSA) is 108 Å². The number of benzene rings is 2. The number of anilines is 1. The molecule has 0 bridgehead atoms. The minimum Gasteiger partial charge on any atom is -0.462 e. The maximum atomic E-state index is 12.8. The van der Waals surface area contributed by atoms with E-state index in [2.05, 4.69) is 19.2 Å². The van der Waals surface area contributed by atoms with Crippen LogP contribution in [-0.2, 0) is 14.8 Å². The van der Waals surface area contributed by atoms with Gasteiger partial charge >= 0.3 is 5.97 Å². The Morgan fingerprint density at radius 1 is 0.939 bits per heavy atom. The molecule has 0 atom stereocenters. The summed E-state index contributed by atoms with van der Waals surface area (Å²) in [4.78, 5) is 12.5. The summed E-state index contributed by atoms with van der Waals surface area (Å²) in [6.07, 6.45) is 8.19. The average Bonchev–Trinajstić information content (AvgIpc) is 2.79. The number of para-hydroxylation sites is 1. The molecule has 0 aliphatic carbocycles. The van der Waals surface area contributed by atoms with Crippen molar-refractivity contribution < 1.29 is 22.7 Å². The molecule has 0 fully saturated rings. The Morgan fingerprint density at radius 2 is 1.61 bits per heavy atom. The van der Waals surface area contributed by atoms with Crippen molar-refractivity contribution in [1.29, 1.82) is 0 Å². The Kier molecular flexibility index (Phi) is 11.2. The fourth-order valence-corrected chi connectivity index (χ4v) is 4.04. The number of hydrogen-bond acceptors (Lipinski definition) is 6. The molecule has 8 heteroatoms. The second-order valence-corrected chi connectivity index (χ2v) is 9.52. The van der Waals surface area contributed by atoms with Gasteiger partial charge in [0, 0.05) is 12.6 Å². The first-order valence-electron chi connectivity index (χ1n) is 11.7. The number of hydrogen-bond donors (Lipinski definition) is 2. The Hall–Kier alpha value is -2.58. The first-order chi connectivity index (χ1) is 15.9. The molecule has 3 N–H and O–H groups in total. The van der Waals surface area contributed by atoms with Gasteiger partial charge in [0.15, 0.2) is 5.75 Å². The molecule has 2 rings (SSSR count). The Labute approximate surface area is 197 Å². The van der Waals surface area contributed by atoms with Crippen LogP contribution in [0.1, 0.15) is 75.6 Å². The van der Waals surface area contributed by atoms with E-state index in [4.69, 9.17) is 14.6 Å². The lowest BCUT2D eigenvalue weighted by Gasteiger charge is -2.17. The third kappa shape index (κ3) is 9.06. The summed E-state index contributed by atoms with van der Waals surface area (Å²) in [5, 5.41) is 8.68. The predicted octanol–water partition coefficient (Wildman–Crippen LogP) is 5.86. The molecular formula is C25H36N2O5S. The molecule has 2 aromatic carbocycles. The average molecular weight is 477 g/mol. The highest BCUT2D eigenvalue weighted by Gasteiger charge is 2.24. The second-order valence-electron chi connectivity index (χ2n) is 7.99. The Morgan fingerprint density at radius 3 is 2.27 bits per heavy atom. The summed E-state index contributed by atoms with van der Waals surface area (Å²) in [6.45, 7) is 5.10. The molecule has 0 saturated carbocycles. The van der Waals surface area contributed by atoms with Gasteiger partial charge in [-0.2, -0.15) is 0 Å². The third-order valence-corrected chi connectivity index (χ3v) is 6.11. The van der Waals surface area contributed by atoms with Crippen LogP contribution < -0.4 is 15.2 Å². The van der Waals surface area contributed by atoms with Crippen LogP contribution in [0.4, 0.5) is 5.69 Å². The molecule has 0 aliphatic rings. The number of carbonyl (C=O) groups is 1. The van der Waals surface area contributed by atoms with Gasteiger partial charge in [-0.05, 0) is 31.0 Å². The molecular weight excluding hydrogens is 440 g/mol. The number of sulfonamides is 1. The highest BCUT2D eigenvalue weighted by atomic mass is 32.2. The fraction of sp³-hybridized carbons (Fsp3) is 0.480. The van der Waals surface area contributed by atoms with Gasteiger partial charge in [0.25, 0.3) is 0 Å². The van der Waals surface area contributed by atoms with Crippen LogP contribution in [-0.4, -0.2) is 27.5 Å². The molecule has 7 nitrogen and oxygen atoms in total. The minimum absolute atomic E-state index is 0.0945. The Bertz CT molecular complexity index is 978. The van der Waals surface area contributed by atoms with E-state index in [1.54, 1.807) is 12.1 Å². The van der Waals surface area contributed by atoms with E-state index in [-0.39, 0.29) is 22.8 Å². The Balaban J connectivity index is 2.26. The van der Waals surface area contributed by atoms with Crippen molar-refractivity contribution in [1.82, 2.24) is 0 Å². The largest absolute Gasteiger partial charge is 0.462 e. The van der Waals surface area contributed by atoms with E-state index in [9.17, 15) is 13.2 Å². The number of esters is 1. The molecule has 33 heavy (non-hydrogen) atoms. The standard InChI is InChI=1S/C25H36N2O5S/c1-3-5-7-8-9-13-17-31-25(28)21-18-22(27-16-6-4-2)23(19-24(21)33(26,29)30)32-20-14-11-10-12-15-20/h10-12,14-15,18-19,27H,3-9,13,16-17H2,1-2H3,(H2,26,29,30). The number of rotatable bonds is 15. The van der Waals surface area contributed by atoms with Gasteiger partial charge in [-0.1, -0.05) is 70.6 Å². The number of primary sulfonamides is 1. The molecule has 0 amide bonds. The van der Waals surface area contributed by atoms with E-state index < -0.39 is 16.0 Å². The van der Waals surface area contributed by atoms with Gasteiger partial charge in [0.05, 0.1) is 17.9 Å². The van der Waals surface area contributed by atoms with E-state index in [1.807, 2.05) is 18.2 Å². The number of nitrogens with two attached hydrogens (primary N) is 1. The zero-order valence-electron chi connectivity index (χ0n) is 19.6. The minimum atomic E-state index is -4.19. The fourth-order valence-electron chi connectivity index (χ4n) is 3.32. The van der Waals surface area contributed by atoms with Gasteiger partial charge in [-0.15, -0.1) is 0 Å². The van der Waals surface area contributed by atoms with Gasteiger partial charge in [0.1, 0.15) is 10.6 Å². The van der Waals surface area contributed by atoms with Gasteiger partial charge in [-0.3, -0.25) is 0 Å².